The normalized spacial score (nSPS) is 15.9. The van der Waals surface area contributed by atoms with Crippen LogP contribution in [0.2, 0.25) is 0 Å². The fraction of sp³-hybridized carbons (Fsp3) is 0.533. The van der Waals surface area contributed by atoms with E-state index in [-0.39, 0.29) is 18.3 Å². The Bertz CT molecular complexity index is 472. The standard InChI is InChI=1S/C15H22FN3O/c16-14-9-11(15(17)18)5-6-12(14)10-19(7-8-20)13-3-1-2-4-13/h5-6,9,13,20H,1-4,7-8,10H2,(H3,17,18). The molecular weight excluding hydrogens is 257 g/mol. The summed E-state index contributed by atoms with van der Waals surface area (Å²) in [4.78, 5) is 2.15. The Balaban J connectivity index is 2.11. The molecule has 0 spiro atoms. The van der Waals surface area contributed by atoms with Crippen molar-refractivity contribution in [1.29, 1.82) is 5.41 Å². The third-order valence-corrected chi connectivity index (χ3v) is 3.97. The Morgan fingerprint density at radius 3 is 2.65 bits per heavy atom. The topological polar surface area (TPSA) is 73.3 Å². The third kappa shape index (κ3) is 3.55. The summed E-state index contributed by atoms with van der Waals surface area (Å²) in [7, 11) is 0. The summed E-state index contributed by atoms with van der Waals surface area (Å²) in [6.07, 6.45) is 4.65. The van der Waals surface area contributed by atoms with Gasteiger partial charge >= 0.3 is 0 Å². The van der Waals surface area contributed by atoms with Gasteiger partial charge in [0.05, 0.1) is 6.61 Å². The van der Waals surface area contributed by atoms with E-state index in [0.717, 1.165) is 12.8 Å². The van der Waals surface area contributed by atoms with Gasteiger partial charge < -0.3 is 10.8 Å². The van der Waals surface area contributed by atoms with E-state index in [9.17, 15) is 9.50 Å². The molecule has 0 heterocycles. The molecule has 0 unspecified atom stereocenters. The van der Waals surface area contributed by atoms with Crippen molar-refractivity contribution >= 4 is 5.84 Å². The Morgan fingerprint density at radius 2 is 2.10 bits per heavy atom. The smallest absolute Gasteiger partial charge is 0.128 e. The fourth-order valence-corrected chi connectivity index (χ4v) is 2.85. The minimum atomic E-state index is -0.335. The van der Waals surface area contributed by atoms with Crippen molar-refractivity contribution in [3.05, 3.63) is 35.1 Å². The molecule has 20 heavy (non-hydrogen) atoms. The number of benzene rings is 1. The van der Waals surface area contributed by atoms with Crippen molar-refractivity contribution in [3.63, 3.8) is 0 Å². The summed E-state index contributed by atoms with van der Waals surface area (Å²) in [6.45, 7) is 1.15. The first-order valence-corrected chi connectivity index (χ1v) is 7.09. The van der Waals surface area contributed by atoms with E-state index in [2.05, 4.69) is 4.90 Å². The molecule has 110 valence electrons. The van der Waals surface area contributed by atoms with E-state index in [1.165, 1.54) is 18.9 Å². The third-order valence-electron chi connectivity index (χ3n) is 3.97. The fourth-order valence-electron chi connectivity index (χ4n) is 2.85. The maximum atomic E-state index is 14.1. The van der Waals surface area contributed by atoms with Crippen LogP contribution in [-0.2, 0) is 6.54 Å². The number of amidine groups is 1. The van der Waals surface area contributed by atoms with E-state index in [4.69, 9.17) is 11.1 Å². The zero-order valence-electron chi connectivity index (χ0n) is 11.6. The minimum Gasteiger partial charge on any atom is -0.395 e. The molecule has 0 radical (unpaired) electrons. The van der Waals surface area contributed by atoms with Crippen LogP contribution in [-0.4, -0.2) is 35.0 Å². The van der Waals surface area contributed by atoms with Crippen LogP contribution in [0.4, 0.5) is 4.39 Å². The average molecular weight is 279 g/mol. The van der Waals surface area contributed by atoms with Gasteiger partial charge in [-0.05, 0) is 18.9 Å². The Hall–Kier alpha value is -1.46. The first-order valence-electron chi connectivity index (χ1n) is 7.09. The molecule has 1 saturated carbocycles. The summed E-state index contributed by atoms with van der Waals surface area (Å²) in [5.41, 5.74) is 6.35. The number of rotatable bonds is 6. The molecule has 0 saturated heterocycles. The number of nitrogens with one attached hydrogen (secondary N) is 1. The van der Waals surface area contributed by atoms with Gasteiger partial charge in [0.25, 0.3) is 0 Å². The van der Waals surface area contributed by atoms with Crippen molar-refractivity contribution in [3.8, 4) is 0 Å². The van der Waals surface area contributed by atoms with Gasteiger partial charge in [0.2, 0.25) is 0 Å². The van der Waals surface area contributed by atoms with E-state index in [0.29, 0.717) is 30.3 Å². The molecule has 2 rings (SSSR count). The molecule has 1 aliphatic carbocycles. The predicted octanol–water partition coefficient (Wildman–Crippen LogP) is 1.85. The second kappa shape index (κ2) is 6.81. The molecule has 4 N–H and O–H groups in total. The first kappa shape index (κ1) is 14.9. The van der Waals surface area contributed by atoms with Crippen LogP contribution in [0.1, 0.15) is 36.8 Å². The van der Waals surface area contributed by atoms with Gasteiger partial charge in [0, 0.05) is 30.3 Å². The number of hydrogen-bond donors (Lipinski definition) is 3. The monoisotopic (exact) mass is 279 g/mol. The molecule has 0 bridgehead atoms. The highest BCUT2D eigenvalue weighted by Gasteiger charge is 2.23. The summed E-state index contributed by atoms with van der Waals surface area (Å²) >= 11 is 0. The Labute approximate surface area is 118 Å². The van der Waals surface area contributed by atoms with Gasteiger partial charge in [0.1, 0.15) is 11.7 Å². The molecule has 0 amide bonds. The number of nitrogens with zero attached hydrogens (tertiary/aromatic N) is 1. The van der Waals surface area contributed by atoms with Crippen molar-refractivity contribution in [1.82, 2.24) is 4.90 Å². The lowest BCUT2D eigenvalue weighted by Crippen LogP contribution is -2.35. The van der Waals surface area contributed by atoms with Gasteiger partial charge in [-0.3, -0.25) is 10.3 Å². The lowest BCUT2D eigenvalue weighted by atomic mass is 10.1. The van der Waals surface area contributed by atoms with Gasteiger partial charge in [-0.1, -0.05) is 25.0 Å². The number of nitrogens with two attached hydrogens (primary N) is 1. The zero-order valence-corrected chi connectivity index (χ0v) is 11.6. The number of aliphatic hydroxyl groups is 1. The average Bonchev–Trinajstić information content (AvgIpc) is 2.94. The van der Waals surface area contributed by atoms with E-state index >= 15 is 0 Å². The van der Waals surface area contributed by atoms with E-state index in [1.807, 2.05) is 0 Å². The summed E-state index contributed by atoms with van der Waals surface area (Å²) < 4.78 is 14.1. The highest BCUT2D eigenvalue weighted by atomic mass is 19.1. The van der Waals surface area contributed by atoms with Crippen LogP contribution in [0.5, 0.6) is 0 Å². The van der Waals surface area contributed by atoms with Gasteiger partial charge in [-0.15, -0.1) is 0 Å². The maximum Gasteiger partial charge on any atom is 0.128 e. The highest BCUT2D eigenvalue weighted by molar-refractivity contribution is 5.94. The Kier molecular flexibility index (Phi) is 5.09. The van der Waals surface area contributed by atoms with Crippen molar-refractivity contribution in [2.75, 3.05) is 13.2 Å². The second-order valence-electron chi connectivity index (χ2n) is 5.35. The van der Waals surface area contributed by atoms with Crippen LogP contribution in [0, 0.1) is 11.2 Å². The van der Waals surface area contributed by atoms with Crippen molar-refractivity contribution in [2.24, 2.45) is 5.73 Å². The molecule has 0 atom stereocenters. The first-order chi connectivity index (χ1) is 9.61. The number of hydrogen-bond acceptors (Lipinski definition) is 3. The van der Waals surface area contributed by atoms with Crippen LogP contribution < -0.4 is 5.73 Å². The summed E-state index contributed by atoms with van der Waals surface area (Å²) in [6, 6.07) is 5.11. The summed E-state index contributed by atoms with van der Waals surface area (Å²) in [5, 5.41) is 16.5. The lowest BCUT2D eigenvalue weighted by molar-refractivity contribution is 0.143. The summed E-state index contributed by atoms with van der Waals surface area (Å²) in [5.74, 6) is -0.461. The SMILES string of the molecule is N=C(N)c1ccc(CN(CCO)C2CCCC2)c(F)c1. The maximum absolute atomic E-state index is 14.1. The number of halogens is 1. The molecule has 4 nitrogen and oxygen atoms in total. The van der Waals surface area contributed by atoms with E-state index < -0.39 is 0 Å². The van der Waals surface area contributed by atoms with Crippen molar-refractivity contribution < 1.29 is 9.50 Å². The van der Waals surface area contributed by atoms with Crippen LogP contribution in [0.15, 0.2) is 18.2 Å². The molecule has 1 fully saturated rings. The molecule has 1 aromatic rings. The van der Waals surface area contributed by atoms with E-state index in [1.54, 1.807) is 12.1 Å². The molecular formula is C15H22FN3O. The Morgan fingerprint density at radius 1 is 1.40 bits per heavy atom. The minimum absolute atomic E-state index is 0.0870. The quantitative estimate of drug-likeness (QED) is 0.549. The van der Waals surface area contributed by atoms with Gasteiger partial charge in [-0.25, -0.2) is 4.39 Å². The largest absolute Gasteiger partial charge is 0.395 e. The van der Waals surface area contributed by atoms with Crippen LogP contribution in [0.3, 0.4) is 0 Å². The highest BCUT2D eigenvalue weighted by Crippen LogP contribution is 2.25. The van der Waals surface area contributed by atoms with Crippen LogP contribution in [0.25, 0.3) is 0 Å². The molecule has 1 aromatic carbocycles. The van der Waals surface area contributed by atoms with Crippen molar-refractivity contribution in [2.45, 2.75) is 38.3 Å². The molecule has 1 aliphatic rings. The van der Waals surface area contributed by atoms with Gasteiger partial charge in [-0.2, -0.15) is 0 Å². The molecule has 0 aliphatic heterocycles. The van der Waals surface area contributed by atoms with Gasteiger partial charge in [0.15, 0.2) is 0 Å². The van der Waals surface area contributed by atoms with Crippen LogP contribution >= 0.6 is 0 Å². The lowest BCUT2D eigenvalue weighted by Gasteiger charge is -2.28. The number of nitrogen functional groups attached to an aromatic ring is 1. The number of aliphatic hydroxyl groups excluding tert-OH is 1. The predicted molar refractivity (Wildman–Crippen MR) is 77.2 cm³/mol. The zero-order chi connectivity index (χ0) is 14.5. The molecule has 0 aromatic heterocycles. The second-order valence-corrected chi connectivity index (χ2v) is 5.35. The molecule has 5 heteroatoms.